The Morgan fingerprint density at radius 3 is 2.85 bits per heavy atom. The van der Waals surface area contributed by atoms with Crippen molar-refractivity contribution >= 4 is 29.9 Å². The lowest BCUT2D eigenvalue weighted by Crippen LogP contribution is -2.48. The Balaban J connectivity index is 0.00000243. The van der Waals surface area contributed by atoms with Crippen LogP contribution in [0.15, 0.2) is 46.0 Å². The lowest BCUT2D eigenvalue weighted by atomic mass is 10.00. The molecular weight excluding hydrogens is 441 g/mol. The molecule has 1 atom stereocenters. The van der Waals surface area contributed by atoms with Crippen LogP contribution in [0.2, 0.25) is 0 Å². The molecule has 0 saturated carbocycles. The number of morpholine rings is 1. The van der Waals surface area contributed by atoms with Crippen molar-refractivity contribution in [3.05, 3.63) is 59.0 Å². The third-order valence-electron chi connectivity index (χ3n) is 4.58. The number of guanidine groups is 1. The lowest BCUT2D eigenvalue weighted by Gasteiger charge is -2.35. The van der Waals surface area contributed by atoms with Crippen molar-refractivity contribution in [2.45, 2.75) is 26.4 Å². The van der Waals surface area contributed by atoms with Crippen LogP contribution in [0.25, 0.3) is 0 Å². The van der Waals surface area contributed by atoms with Gasteiger partial charge in [0.2, 0.25) is 0 Å². The zero-order valence-corrected chi connectivity index (χ0v) is 18.0. The van der Waals surface area contributed by atoms with Crippen LogP contribution in [-0.2, 0) is 11.2 Å². The fourth-order valence-corrected chi connectivity index (χ4v) is 3.30. The standard InChI is InChI=1S/C20H27N3O2.HI/c1-15-6-7-18(16(2)13-15)19-14-23(10-12-25-19)20(21-3)22-9-8-17-5-4-11-24-17;/h4-7,11,13,19H,8-10,12,14H2,1-3H3,(H,21,22);1H. The normalized spacial score (nSPS) is 17.7. The molecule has 0 spiro atoms. The first-order chi connectivity index (χ1) is 12.2. The molecular formula is C20H28IN3O2. The first kappa shape index (κ1) is 20.8. The van der Waals surface area contributed by atoms with Gasteiger partial charge in [-0.15, -0.1) is 24.0 Å². The minimum atomic E-state index is 0. The molecule has 1 aliphatic heterocycles. The summed E-state index contributed by atoms with van der Waals surface area (Å²) in [5, 5.41) is 3.43. The number of furan rings is 1. The van der Waals surface area contributed by atoms with E-state index in [0.29, 0.717) is 6.61 Å². The quantitative estimate of drug-likeness (QED) is 0.422. The Morgan fingerprint density at radius 2 is 2.15 bits per heavy atom. The number of aryl methyl sites for hydroxylation is 2. The highest BCUT2D eigenvalue weighted by atomic mass is 127. The molecule has 0 amide bonds. The smallest absolute Gasteiger partial charge is 0.193 e. The van der Waals surface area contributed by atoms with Crippen molar-refractivity contribution in [3.63, 3.8) is 0 Å². The molecule has 2 aromatic rings. The molecule has 1 aromatic heterocycles. The van der Waals surface area contributed by atoms with Gasteiger partial charge in [0.25, 0.3) is 0 Å². The van der Waals surface area contributed by atoms with Crippen molar-refractivity contribution in [2.24, 2.45) is 4.99 Å². The van der Waals surface area contributed by atoms with Crippen LogP contribution in [0.5, 0.6) is 0 Å². The molecule has 2 heterocycles. The van der Waals surface area contributed by atoms with Crippen LogP contribution in [0, 0.1) is 13.8 Å². The topological polar surface area (TPSA) is 50.0 Å². The van der Waals surface area contributed by atoms with Gasteiger partial charge >= 0.3 is 0 Å². The summed E-state index contributed by atoms with van der Waals surface area (Å²) < 4.78 is 11.4. The molecule has 26 heavy (non-hydrogen) atoms. The summed E-state index contributed by atoms with van der Waals surface area (Å²) in [5.74, 6) is 1.91. The molecule has 5 nitrogen and oxygen atoms in total. The number of benzene rings is 1. The van der Waals surface area contributed by atoms with Gasteiger partial charge in [0.15, 0.2) is 5.96 Å². The predicted molar refractivity (Wildman–Crippen MR) is 115 cm³/mol. The maximum Gasteiger partial charge on any atom is 0.193 e. The van der Waals surface area contributed by atoms with E-state index in [0.717, 1.165) is 37.8 Å². The molecule has 0 radical (unpaired) electrons. The molecule has 0 bridgehead atoms. The Kier molecular flexibility index (Phi) is 7.96. The molecule has 3 rings (SSSR count). The van der Waals surface area contributed by atoms with Crippen LogP contribution < -0.4 is 5.32 Å². The van der Waals surface area contributed by atoms with Crippen LogP contribution >= 0.6 is 24.0 Å². The molecule has 1 saturated heterocycles. The largest absolute Gasteiger partial charge is 0.469 e. The van der Waals surface area contributed by atoms with Crippen molar-refractivity contribution in [1.29, 1.82) is 0 Å². The third-order valence-corrected chi connectivity index (χ3v) is 4.58. The Labute approximate surface area is 172 Å². The van der Waals surface area contributed by atoms with E-state index in [-0.39, 0.29) is 30.1 Å². The van der Waals surface area contributed by atoms with Crippen molar-refractivity contribution in [2.75, 3.05) is 33.3 Å². The fraction of sp³-hybridized carbons (Fsp3) is 0.450. The van der Waals surface area contributed by atoms with E-state index in [2.05, 4.69) is 47.3 Å². The monoisotopic (exact) mass is 469 g/mol. The number of nitrogens with zero attached hydrogens (tertiary/aromatic N) is 2. The Morgan fingerprint density at radius 1 is 1.31 bits per heavy atom. The lowest BCUT2D eigenvalue weighted by molar-refractivity contribution is -0.00830. The molecule has 142 valence electrons. The summed E-state index contributed by atoms with van der Waals surface area (Å²) in [6.07, 6.45) is 2.63. The highest BCUT2D eigenvalue weighted by Crippen LogP contribution is 2.25. The van der Waals surface area contributed by atoms with Gasteiger partial charge in [-0.1, -0.05) is 23.8 Å². The van der Waals surface area contributed by atoms with Gasteiger partial charge in [-0.25, -0.2) is 0 Å². The molecule has 1 aliphatic rings. The van der Waals surface area contributed by atoms with Crippen molar-refractivity contribution in [3.8, 4) is 0 Å². The minimum Gasteiger partial charge on any atom is -0.469 e. The van der Waals surface area contributed by atoms with E-state index in [1.165, 1.54) is 16.7 Å². The number of ether oxygens (including phenoxy) is 1. The van der Waals surface area contributed by atoms with Crippen LogP contribution in [0.3, 0.4) is 0 Å². The van der Waals surface area contributed by atoms with E-state index < -0.39 is 0 Å². The zero-order valence-electron chi connectivity index (χ0n) is 15.7. The van der Waals surface area contributed by atoms with Gasteiger partial charge in [-0.3, -0.25) is 4.99 Å². The van der Waals surface area contributed by atoms with E-state index in [1.807, 2.05) is 19.2 Å². The molecule has 1 aromatic carbocycles. The van der Waals surface area contributed by atoms with Crippen molar-refractivity contribution < 1.29 is 9.15 Å². The summed E-state index contributed by atoms with van der Waals surface area (Å²) in [7, 11) is 1.83. The van der Waals surface area contributed by atoms with Gasteiger partial charge in [-0.05, 0) is 37.1 Å². The summed E-state index contributed by atoms with van der Waals surface area (Å²) in [6.45, 7) is 7.44. The maximum atomic E-state index is 6.03. The molecule has 1 N–H and O–H groups in total. The number of hydrogen-bond donors (Lipinski definition) is 1. The van der Waals surface area contributed by atoms with E-state index in [1.54, 1.807) is 6.26 Å². The average molecular weight is 469 g/mol. The minimum absolute atomic E-state index is 0. The van der Waals surface area contributed by atoms with Gasteiger partial charge < -0.3 is 19.4 Å². The molecule has 1 fully saturated rings. The molecule has 6 heteroatoms. The summed E-state index contributed by atoms with van der Waals surface area (Å²) in [6, 6.07) is 10.5. The maximum absolute atomic E-state index is 6.03. The van der Waals surface area contributed by atoms with Gasteiger partial charge in [0, 0.05) is 26.6 Å². The predicted octanol–water partition coefficient (Wildman–Crippen LogP) is 3.71. The second-order valence-corrected chi connectivity index (χ2v) is 6.47. The van der Waals surface area contributed by atoms with Crippen LogP contribution in [0.1, 0.15) is 28.6 Å². The molecule has 1 unspecified atom stereocenters. The highest BCUT2D eigenvalue weighted by molar-refractivity contribution is 14.0. The molecule has 0 aliphatic carbocycles. The fourth-order valence-electron chi connectivity index (χ4n) is 3.30. The highest BCUT2D eigenvalue weighted by Gasteiger charge is 2.25. The second kappa shape index (κ2) is 9.97. The average Bonchev–Trinajstić information content (AvgIpc) is 3.12. The van der Waals surface area contributed by atoms with E-state index >= 15 is 0 Å². The van der Waals surface area contributed by atoms with Crippen LogP contribution in [-0.4, -0.2) is 44.1 Å². The van der Waals surface area contributed by atoms with Gasteiger partial charge in [-0.2, -0.15) is 0 Å². The number of nitrogens with one attached hydrogen (secondary N) is 1. The van der Waals surface area contributed by atoms with Gasteiger partial charge in [0.1, 0.15) is 11.9 Å². The number of hydrogen-bond acceptors (Lipinski definition) is 3. The summed E-state index contributed by atoms with van der Waals surface area (Å²) in [5.41, 5.74) is 3.83. The Hall–Kier alpha value is -1.54. The SMILES string of the molecule is CN=C(NCCc1ccco1)N1CCOC(c2ccc(C)cc2C)C1.I. The van der Waals surface area contributed by atoms with Crippen molar-refractivity contribution in [1.82, 2.24) is 10.2 Å². The Bertz CT molecular complexity index is 716. The zero-order chi connectivity index (χ0) is 17.6. The third kappa shape index (κ3) is 5.23. The number of rotatable bonds is 4. The van der Waals surface area contributed by atoms with Gasteiger partial charge in [0.05, 0.1) is 19.4 Å². The first-order valence-electron chi connectivity index (χ1n) is 8.84. The number of halogens is 1. The first-order valence-corrected chi connectivity index (χ1v) is 8.84. The second-order valence-electron chi connectivity index (χ2n) is 6.47. The van der Waals surface area contributed by atoms with E-state index in [9.17, 15) is 0 Å². The van der Waals surface area contributed by atoms with E-state index in [4.69, 9.17) is 9.15 Å². The summed E-state index contributed by atoms with van der Waals surface area (Å²) >= 11 is 0. The number of aliphatic imine (C=N–C) groups is 1. The van der Waals surface area contributed by atoms with Crippen LogP contribution in [0.4, 0.5) is 0 Å². The summed E-state index contributed by atoms with van der Waals surface area (Å²) in [4.78, 5) is 6.71.